The monoisotopic (exact) mass is 283 g/mol. The molecule has 21 heavy (non-hydrogen) atoms. The summed E-state index contributed by atoms with van der Waals surface area (Å²) in [6.07, 6.45) is 1.84. The fourth-order valence-electron chi connectivity index (χ4n) is 2.42. The first-order valence-electron chi connectivity index (χ1n) is 7.71. The number of nitrogens with one attached hydrogen (secondary N) is 1. The van der Waals surface area contributed by atoms with Gasteiger partial charge in [-0.3, -0.25) is 9.88 Å². The summed E-state index contributed by atoms with van der Waals surface area (Å²) in [6.45, 7) is 9.71. The minimum absolute atomic E-state index is 0.204. The van der Waals surface area contributed by atoms with Gasteiger partial charge in [-0.15, -0.1) is 0 Å². The third-order valence-corrected chi connectivity index (χ3v) is 3.74. The van der Waals surface area contributed by atoms with Crippen molar-refractivity contribution in [3.63, 3.8) is 0 Å². The topological polar surface area (TPSA) is 28.2 Å². The van der Waals surface area contributed by atoms with Crippen molar-refractivity contribution in [1.29, 1.82) is 0 Å². The average molecular weight is 283 g/mol. The van der Waals surface area contributed by atoms with E-state index < -0.39 is 0 Å². The Labute approximate surface area is 128 Å². The number of aromatic nitrogens is 1. The molecule has 0 aliphatic heterocycles. The molecule has 0 amide bonds. The zero-order valence-corrected chi connectivity index (χ0v) is 13.2. The average Bonchev–Trinajstić information content (AvgIpc) is 2.53. The molecule has 1 heterocycles. The molecule has 3 nitrogen and oxygen atoms in total. The minimum Gasteiger partial charge on any atom is -0.377 e. The third-order valence-electron chi connectivity index (χ3n) is 3.74. The lowest BCUT2D eigenvalue weighted by Crippen LogP contribution is -2.22. The highest BCUT2D eigenvalue weighted by molar-refractivity contribution is 5.47. The van der Waals surface area contributed by atoms with E-state index in [1.165, 1.54) is 5.56 Å². The van der Waals surface area contributed by atoms with Crippen LogP contribution in [-0.4, -0.2) is 23.0 Å². The summed E-state index contributed by atoms with van der Waals surface area (Å²) >= 11 is 0. The van der Waals surface area contributed by atoms with Gasteiger partial charge in [0, 0.05) is 18.4 Å². The number of hydrogen-bond acceptors (Lipinski definition) is 3. The highest BCUT2D eigenvalue weighted by Gasteiger charge is 2.07. The molecule has 2 aromatic rings. The predicted octanol–water partition coefficient (Wildman–Crippen LogP) is 4.10. The lowest BCUT2D eigenvalue weighted by Gasteiger charge is -2.19. The Kier molecular flexibility index (Phi) is 5.76. The molecule has 1 atom stereocenters. The molecule has 0 spiro atoms. The zero-order valence-electron chi connectivity index (χ0n) is 13.2. The number of hydrogen-bond donors (Lipinski definition) is 1. The van der Waals surface area contributed by atoms with Gasteiger partial charge in [0.1, 0.15) is 0 Å². The van der Waals surface area contributed by atoms with Gasteiger partial charge in [-0.05, 0) is 49.8 Å². The maximum atomic E-state index is 4.40. The molecule has 1 aromatic heterocycles. The zero-order chi connectivity index (χ0) is 15.1. The second kappa shape index (κ2) is 7.79. The lowest BCUT2D eigenvalue weighted by atomic mass is 10.1. The Morgan fingerprint density at radius 3 is 2.57 bits per heavy atom. The van der Waals surface area contributed by atoms with E-state index in [4.69, 9.17) is 0 Å². The standard InChI is InChI=1S/C18H25N3/c1-4-21(5-2)14-16-9-8-10-17(13-16)20-15(3)18-11-6-7-12-19-18/h6-13,15,20H,4-5,14H2,1-3H3. The number of rotatable bonds is 7. The van der Waals surface area contributed by atoms with Gasteiger partial charge in [-0.1, -0.05) is 32.0 Å². The molecule has 3 heteroatoms. The summed E-state index contributed by atoms with van der Waals surface area (Å²) in [5.41, 5.74) is 3.56. The van der Waals surface area contributed by atoms with E-state index >= 15 is 0 Å². The van der Waals surface area contributed by atoms with Crippen molar-refractivity contribution in [3.8, 4) is 0 Å². The van der Waals surface area contributed by atoms with Gasteiger partial charge >= 0.3 is 0 Å². The van der Waals surface area contributed by atoms with Crippen molar-refractivity contribution in [2.24, 2.45) is 0 Å². The van der Waals surface area contributed by atoms with Gasteiger partial charge in [0.25, 0.3) is 0 Å². The van der Waals surface area contributed by atoms with Crippen LogP contribution in [0.5, 0.6) is 0 Å². The van der Waals surface area contributed by atoms with Gasteiger partial charge in [0.2, 0.25) is 0 Å². The first kappa shape index (κ1) is 15.5. The van der Waals surface area contributed by atoms with Crippen molar-refractivity contribution in [1.82, 2.24) is 9.88 Å². The normalized spacial score (nSPS) is 12.4. The van der Waals surface area contributed by atoms with Crippen molar-refractivity contribution in [3.05, 3.63) is 59.9 Å². The van der Waals surface area contributed by atoms with E-state index in [1.807, 2.05) is 18.3 Å². The van der Waals surface area contributed by atoms with Crippen LogP contribution >= 0.6 is 0 Å². The van der Waals surface area contributed by atoms with Gasteiger partial charge < -0.3 is 5.32 Å². The molecule has 0 saturated carbocycles. The predicted molar refractivity (Wildman–Crippen MR) is 89.3 cm³/mol. The largest absolute Gasteiger partial charge is 0.377 e. The minimum atomic E-state index is 0.204. The van der Waals surface area contributed by atoms with Crippen LogP contribution in [0, 0.1) is 0 Å². The SMILES string of the molecule is CCN(CC)Cc1cccc(NC(C)c2ccccn2)c1. The smallest absolute Gasteiger partial charge is 0.0657 e. The maximum absolute atomic E-state index is 4.40. The molecular weight excluding hydrogens is 258 g/mol. The van der Waals surface area contributed by atoms with E-state index in [0.29, 0.717) is 0 Å². The number of nitrogens with zero attached hydrogens (tertiary/aromatic N) is 2. The van der Waals surface area contributed by atoms with Crippen LogP contribution < -0.4 is 5.32 Å². The fourth-order valence-corrected chi connectivity index (χ4v) is 2.42. The summed E-state index contributed by atoms with van der Waals surface area (Å²) in [6, 6.07) is 14.9. The van der Waals surface area contributed by atoms with Gasteiger partial charge in [0.05, 0.1) is 11.7 Å². The summed E-state index contributed by atoms with van der Waals surface area (Å²) in [7, 11) is 0. The molecule has 1 unspecified atom stereocenters. The first-order chi connectivity index (χ1) is 10.2. The third kappa shape index (κ3) is 4.57. The second-order valence-electron chi connectivity index (χ2n) is 5.28. The highest BCUT2D eigenvalue weighted by atomic mass is 15.1. The Morgan fingerprint density at radius 2 is 1.90 bits per heavy atom. The van der Waals surface area contributed by atoms with Crippen LogP contribution in [0.1, 0.15) is 38.1 Å². The van der Waals surface area contributed by atoms with Gasteiger partial charge in [0.15, 0.2) is 0 Å². The molecular formula is C18H25N3. The quantitative estimate of drug-likeness (QED) is 0.829. The maximum Gasteiger partial charge on any atom is 0.0657 e. The van der Waals surface area contributed by atoms with E-state index in [1.54, 1.807) is 0 Å². The van der Waals surface area contributed by atoms with Crippen LogP contribution in [0.3, 0.4) is 0 Å². The van der Waals surface area contributed by atoms with Crippen LogP contribution in [-0.2, 0) is 6.54 Å². The van der Waals surface area contributed by atoms with Crippen LogP contribution in [0.15, 0.2) is 48.7 Å². The molecule has 0 fully saturated rings. The van der Waals surface area contributed by atoms with Crippen molar-refractivity contribution >= 4 is 5.69 Å². The summed E-state index contributed by atoms with van der Waals surface area (Å²) in [5.74, 6) is 0. The molecule has 0 radical (unpaired) electrons. The molecule has 1 N–H and O–H groups in total. The van der Waals surface area contributed by atoms with E-state index in [9.17, 15) is 0 Å². The van der Waals surface area contributed by atoms with E-state index in [0.717, 1.165) is 31.0 Å². The van der Waals surface area contributed by atoms with E-state index in [2.05, 4.69) is 66.3 Å². The van der Waals surface area contributed by atoms with Crippen LogP contribution in [0.2, 0.25) is 0 Å². The second-order valence-corrected chi connectivity index (χ2v) is 5.28. The van der Waals surface area contributed by atoms with Crippen molar-refractivity contribution in [2.75, 3.05) is 18.4 Å². The van der Waals surface area contributed by atoms with Crippen molar-refractivity contribution in [2.45, 2.75) is 33.4 Å². The number of anilines is 1. The van der Waals surface area contributed by atoms with E-state index in [-0.39, 0.29) is 6.04 Å². The van der Waals surface area contributed by atoms with Crippen LogP contribution in [0.4, 0.5) is 5.69 Å². The molecule has 0 aliphatic carbocycles. The summed E-state index contributed by atoms with van der Waals surface area (Å²) < 4.78 is 0. The van der Waals surface area contributed by atoms with Crippen molar-refractivity contribution < 1.29 is 0 Å². The highest BCUT2D eigenvalue weighted by Crippen LogP contribution is 2.19. The Morgan fingerprint density at radius 1 is 1.10 bits per heavy atom. The molecule has 112 valence electrons. The number of pyridine rings is 1. The number of benzene rings is 1. The summed E-state index contributed by atoms with van der Waals surface area (Å²) in [5, 5.41) is 3.53. The van der Waals surface area contributed by atoms with Gasteiger partial charge in [-0.25, -0.2) is 0 Å². The molecule has 0 bridgehead atoms. The Bertz CT molecular complexity index is 535. The molecule has 1 aromatic carbocycles. The van der Waals surface area contributed by atoms with Gasteiger partial charge in [-0.2, -0.15) is 0 Å². The lowest BCUT2D eigenvalue weighted by molar-refractivity contribution is 0.296. The Balaban J connectivity index is 2.04. The first-order valence-corrected chi connectivity index (χ1v) is 7.71. The van der Waals surface area contributed by atoms with Crippen LogP contribution in [0.25, 0.3) is 0 Å². The Hall–Kier alpha value is -1.87. The molecule has 0 saturated heterocycles. The summed E-state index contributed by atoms with van der Waals surface area (Å²) in [4.78, 5) is 6.82. The molecule has 2 rings (SSSR count). The fraction of sp³-hybridized carbons (Fsp3) is 0.389. The molecule has 0 aliphatic rings.